The van der Waals surface area contributed by atoms with Gasteiger partial charge in [-0.1, -0.05) is 74.7 Å². The van der Waals surface area contributed by atoms with Crippen molar-refractivity contribution in [3.8, 4) is 0 Å². The highest BCUT2D eigenvalue weighted by Crippen LogP contribution is 2.55. The molecule has 0 aromatic heterocycles. The first-order valence-electron chi connectivity index (χ1n) is 15.5. The lowest BCUT2D eigenvalue weighted by Gasteiger charge is -2.38. The molecule has 3 fully saturated rings. The van der Waals surface area contributed by atoms with Gasteiger partial charge in [0.1, 0.15) is 11.6 Å². The minimum Gasteiger partial charge on any atom is -0.359 e. The number of aryl methyl sites for hydroxylation is 3. The number of benzene rings is 2. The molecule has 2 aromatic carbocycles. The van der Waals surface area contributed by atoms with E-state index in [4.69, 9.17) is 4.74 Å². The Kier molecular flexibility index (Phi) is 7.50. The van der Waals surface area contributed by atoms with E-state index in [0.717, 1.165) is 36.0 Å². The first-order valence-corrected chi connectivity index (χ1v) is 15.5. The van der Waals surface area contributed by atoms with Gasteiger partial charge < -0.3 is 20.3 Å². The van der Waals surface area contributed by atoms with Crippen LogP contribution in [0.1, 0.15) is 55.4 Å². The van der Waals surface area contributed by atoms with Crippen molar-refractivity contribution in [3.05, 3.63) is 76.9 Å². The summed E-state index contributed by atoms with van der Waals surface area (Å²) < 4.78 is 6.54. The fourth-order valence-corrected chi connectivity index (χ4v) is 7.60. The monoisotopic (exact) mass is 569 g/mol. The number of carbonyl (C=O) groups excluding carboxylic acids is 3. The molecule has 3 aliphatic heterocycles. The van der Waals surface area contributed by atoms with Crippen LogP contribution in [0.5, 0.6) is 0 Å². The fraction of sp³-hybridized carbons (Fsp3) is 0.514. The third-order valence-electron chi connectivity index (χ3n) is 10.5. The van der Waals surface area contributed by atoms with Crippen LogP contribution in [0.25, 0.3) is 0 Å². The third kappa shape index (κ3) is 4.85. The lowest BCUT2D eigenvalue weighted by atomic mass is 9.73. The Morgan fingerprint density at radius 2 is 1.76 bits per heavy atom. The average molecular weight is 570 g/mol. The number of carbonyl (C=O) groups is 3. The van der Waals surface area contributed by atoms with Crippen LogP contribution in [0.3, 0.4) is 0 Å². The first-order chi connectivity index (χ1) is 20.1. The molecule has 8 atom stereocenters. The average Bonchev–Trinajstić information content (AvgIpc) is 3.60. The van der Waals surface area contributed by atoms with E-state index in [1.54, 1.807) is 4.90 Å². The largest absolute Gasteiger partial charge is 0.359 e. The molecule has 2 N–H and O–H groups in total. The van der Waals surface area contributed by atoms with Crippen LogP contribution in [-0.2, 0) is 25.5 Å². The molecule has 1 saturated carbocycles. The Hall–Kier alpha value is -3.45. The SMILES string of the molecule is Cc1ccc(CCN2C(=O)[C@@H]3[C@H](C(=O)Nc4ccc(C)c(C)c4)[C@@H]4C=C[C@@]3(O4)[C@@H]2C(=O)N[C@@H]2CCC[C@H](C)[C@@H]2C)cc1. The van der Waals surface area contributed by atoms with Gasteiger partial charge in [0.2, 0.25) is 17.7 Å². The number of hydrogen-bond acceptors (Lipinski definition) is 4. The molecule has 4 aliphatic rings. The van der Waals surface area contributed by atoms with Crippen molar-refractivity contribution in [1.29, 1.82) is 0 Å². The van der Waals surface area contributed by atoms with Gasteiger partial charge >= 0.3 is 0 Å². The summed E-state index contributed by atoms with van der Waals surface area (Å²) in [6.07, 6.45) is 7.00. The van der Waals surface area contributed by atoms with Crippen molar-refractivity contribution in [2.75, 3.05) is 11.9 Å². The number of ether oxygens (including phenoxy) is 1. The van der Waals surface area contributed by atoms with Crippen LogP contribution in [0.15, 0.2) is 54.6 Å². The van der Waals surface area contributed by atoms with Gasteiger partial charge in [-0.3, -0.25) is 14.4 Å². The number of nitrogens with one attached hydrogen (secondary N) is 2. The normalized spacial score (nSPS) is 33.1. The second-order valence-electron chi connectivity index (χ2n) is 13.1. The van der Waals surface area contributed by atoms with Crippen LogP contribution in [0.4, 0.5) is 5.69 Å². The predicted octanol–water partition coefficient (Wildman–Crippen LogP) is 4.88. The first kappa shape index (κ1) is 28.7. The van der Waals surface area contributed by atoms with E-state index in [9.17, 15) is 14.4 Å². The molecule has 0 radical (unpaired) electrons. The number of anilines is 1. The molecule has 1 aliphatic carbocycles. The molecule has 2 saturated heterocycles. The molecule has 2 bridgehead atoms. The molecular formula is C35H43N3O4. The van der Waals surface area contributed by atoms with Crippen molar-refractivity contribution in [3.63, 3.8) is 0 Å². The van der Waals surface area contributed by atoms with Crippen molar-refractivity contribution >= 4 is 23.4 Å². The zero-order chi connectivity index (χ0) is 29.8. The van der Waals surface area contributed by atoms with Gasteiger partial charge in [-0.15, -0.1) is 0 Å². The smallest absolute Gasteiger partial charge is 0.246 e. The highest BCUT2D eigenvalue weighted by molar-refractivity contribution is 6.02. The van der Waals surface area contributed by atoms with Crippen molar-refractivity contribution in [2.45, 2.75) is 84.1 Å². The maximum Gasteiger partial charge on any atom is 0.246 e. The van der Waals surface area contributed by atoms with Gasteiger partial charge in [0.25, 0.3) is 0 Å². The van der Waals surface area contributed by atoms with Crippen molar-refractivity contribution in [1.82, 2.24) is 10.2 Å². The minimum atomic E-state index is -1.16. The van der Waals surface area contributed by atoms with Crippen LogP contribution in [-0.4, -0.2) is 53.0 Å². The second-order valence-corrected chi connectivity index (χ2v) is 13.1. The number of rotatable bonds is 7. The number of fused-ring (bicyclic) bond motifs is 1. The maximum absolute atomic E-state index is 14.3. The molecule has 6 rings (SSSR count). The number of likely N-dealkylation sites (tertiary alicyclic amines) is 1. The van der Waals surface area contributed by atoms with Crippen LogP contribution in [0.2, 0.25) is 0 Å². The summed E-state index contributed by atoms with van der Waals surface area (Å²) in [4.78, 5) is 44.0. The standard InChI is InChI=1S/C35H43N3O4/c1-20-9-12-25(13-10-20)16-18-38-31(33(40)37-27-8-6-7-22(3)24(27)5)35-17-15-28(42-35)29(30(35)34(38)41)32(39)36-26-14-11-21(2)23(4)19-26/h9-15,17,19,22,24,27-31H,6-8,16,18H2,1-5H3,(H,36,39)(H,37,40)/t22-,24-,27+,28-,29+,30-,31-,35-/m0/s1. The van der Waals surface area contributed by atoms with Crippen molar-refractivity contribution < 1.29 is 19.1 Å². The molecule has 7 heteroatoms. The van der Waals surface area contributed by atoms with Crippen LogP contribution < -0.4 is 10.6 Å². The Bertz CT molecular complexity index is 1420. The van der Waals surface area contributed by atoms with E-state index in [-0.39, 0.29) is 23.8 Å². The molecule has 222 valence electrons. The quantitative estimate of drug-likeness (QED) is 0.465. The van der Waals surface area contributed by atoms with Gasteiger partial charge in [0.05, 0.1) is 17.9 Å². The van der Waals surface area contributed by atoms with Gasteiger partial charge in [-0.05, 0) is 74.3 Å². The van der Waals surface area contributed by atoms with E-state index < -0.39 is 29.6 Å². The highest BCUT2D eigenvalue weighted by Gasteiger charge is 2.72. The minimum absolute atomic E-state index is 0.0530. The molecule has 0 unspecified atom stereocenters. The predicted molar refractivity (Wildman–Crippen MR) is 163 cm³/mol. The number of amides is 3. The highest BCUT2D eigenvalue weighted by atomic mass is 16.5. The van der Waals surface area contributed by atoms with E-state index in [2.05, 4.69) is 48.7 Å². The number of nitrogens with zero attached hydrogens (tertiary/aromatic N) is 1. The number of hydrogen-bond donors (Lipinski definition) is 2. The summed E-state index contributed by atoms with van der Waals surface area (Å²) in [5.41, 5.74) is 4.03. The van der Waals surface area contributed by atoms with E-state index in [1.807, 2.05) is 51.1 Å². The zero-order valence-corrected chi connectivity index (χ0v) is 25.4. The zero-order valence-electron chi connectivity index (χ0n) is 25.4. The summed E-state index contributed by atoms with van der Waals surface area (Å²) in [7, 11) is 0. The lowest BCUT2D eigenvalue weighted by Crippen LogP contribution is -2.58. The van der Waals surface area contributed by atoms with E-state index in [1.165, 1.54) is 5.56 Å². The molecule has 1 spiro atoms. The summed E-state index contributed by atoms with van der Waals surface area (Å²) in [5.74, 6) is -1.20. The fourth-order valence-electron chi connectivity index (χ4n) is 7.60. The van der Waals surface area contributed by atoms with E-state index in [0.29, 0.717) is 30.5 Å². The maximum atomic E-state index is 14.3. The molecule has 7 nitrogen and oxygen atoms in total. The van der Waals surface area contributed by atoms with Gasteiger partial charge in [-0.25, -0.2) is 0 Å². The lowest BCUT2D eigenvalue weighted by molar-refractivity contribution is -0.141. The Morgan fingerprint density at radius 1 is 1.00 bits per heavy atom. The van der Waals surface area contributed by atoms with E-state index >= 15 is 0 Å². The topological polar surface area (TPSA) is 87.7 Å². The van der Waals surface area contributed by atoms with Gasteiger partial charge in [0, 0.05) is 18.3 Å². The Labute approximate surface area is 249 Å². The van der Waals surface area contributed by atoms with Crippen molar-refractivity contribution in [2.24, 2.45) is 23.7 Å². The summed E-state index contributed by atoms with van der Waals surface area (Å²) in [5, 5.41) is 6.38. The van der Waals surface area contributed by atoms with Crippen LogP contribution in [0, 0.1) is 44.4 Å². The van der Waals surface area contributed by atoms with Gasteiger partial charge in [0.15, 0.2) is 0 Å². The molecular weight excluding hydrogens is 526 g/mol. The summed E-state index contributed by atoms with van der Waals surface area (Å²) in [6.45, 7) is 10.9. The molecule has 42 heavy (non-hydrogen) atoms. The molecule has 2 aromatic rings. The summed E-state index contributed by atoms with van der Waals surface area (Å²) >= 11 is 0. The molecule has 3 amide bonds. The second kappa shape index (κ2) is 11.0. The third-order valence-corrected chi connectivity index (χ3v) is 10.5. The van der Waals surface area contributed by atoms with Gasteiger partial charge in [-0.2, -0.15) is 0 Å². The molecule has 3 heterocycles. The summed E-state index contributed by atoms with van der Waals surface area (Å²) in [6, 6.07) is 13.3. The Morgan fingerprint density at radius 3 is 2.50 bits per heavy atom. The Balaban J connectivity index is 1.30. The van der Waals surface area contributed by atoms with Crippen LogP contribution >= 0.6 is 0 Å².